The van der Waals surface area contributed by atoms with Gasteiger partial charge in [-0.1, -0.05) is 57.3 Å². The topological polar surface area (TPSA) is 0 Å². The van der Waals surface area contributed by atoms with Gasteiger partial charge < -0.3 is 0 Å². The van der Waals surface area contributed by atoms with Gasteiger partial charge >= 0.3 is 0 Å². The van der Waals surface area contributed by atoms with Crippen LogP contribution in [-0.2, 0) is 0 Å². The van der Waals surface area contributed by atoms with Crippen LogP contribution in [0.15, 0.2) is 28.7 Å². The molecule has 0 aliphatic carbocycles. The Hall–Kier alpha value is 0.110. The SMILES string of the molecule is CCCC(Br)C(F)c1ccc(Br)cc1. The van der Waals surface area contributed by atoms with E-state index in [4.69, 9.17) is 0 Å². The number of hydrogen-bond donors (Lipinski definition) is 0. The van der Waals surface area contributed by atoms with Crippen molar-refractivity contribution in [1.29, 1.82) is 0 Å². The molecule has 3 heteroatoms. The number of rotatable bonds is 4. The highest BCUT2D eigenvalue weighted by atomic mass is 79.9. The van der Waals surface area contributed by atoms with Crippen LogP contribution in [0.3, 0.4) is 0 Å². The molecule has 0 bridgehead atoms. The van der Waals surface area contributed by atoms with Gasteiger partial charge in [0.25, 0.3) is 0 Å². The summed E-state index contributed by atoms with van der Waals surface area (Å²) in [7, 11) is 0. The van der Waals surface area contributed by atoms with Crippen molar-refractivity contribution in [3.63, 3.8) is 0 Å². The highest BCUT2D eigenvalue weighted by molar-refractivity contribution is 9.10. The molecule has 1 aromatic rings. The first-order valence-corrected chi connectivity index (χ1v) is 6.39. The Morgan fingerprint density at radius 3 is 2.36 bits per heavy atom. The van der Waals surface area contributed by atoms with Gasteiger partial charge in [-0.15, -0.1) is 0 Å². The molecule has 0 saturated carbocycles. The molecule has 0 saturated heterocycles. The Balaban J connectivity index is 2.68. The highest BCUT2D eigenvalue weighted by Crippen LogP contribution is 2.30. The molecule has 78 valence electrons. The quantitative estimate of drug-likeness (QED) is 0.682. The predicted molar refractivity (Wildman–Crippen MR) is 65.6 cm³/mol. The first kappa shape index (κ1) is 12.2. The van der Waals surface area contributed by atoms with Crippen LogP contribution in [0.4, 0.5) is 4.39 Å². The Labute approximate surface area is 101 Å². The molecule has 1 aromatic carbocycles. The fourth-order valence-electron chi connectivity index (χ4n) is 1.28. The van der Waals surface area contributed by atoms with Crippen LogP contribution in [0.1, 0.15) is 31.5 Å². The lowest BCUT2D eigenvalue weighted by Crippen LogP contribution is -2.07. The standard InChI is InChI=1S/C11H13Br2F/c1-2-3-10(13)11(14)8-4-6-9(12)7-5-8/h4-7,10-11H,2-3H2,1H3. The van der Waals surface area contributed by atoms with Crippen LogP contribution in [0.25, 0.3) is 0 Å². The molecule has 2 unspecified atom stereocenters. The Morgan fingerprint density at radius 2 is 1.86 bits per heavy atom. The molecule has 0 heterocycles. The number of hydrogen-bond acceptors (Lipinski definition) is 0. The monoisotopic (exact) mass is 322 g/mol. The summed E-state index contributed by atoms with van der Waals surface area (Å²) in [5.41, 5.74) is 0.739. The minimum atomic E-state index is -0.914. The van der Waals surface area contributed by atoms with Gasteiger partial charge in [-0.2, -0.15) is 0 Å². The minimum Gasteiger partial charge on any atom is -0.241 e. The molecule has 0 aromatic heterocycles. The van der Waals surface area contributed by atoms with Crippen LogP contribution in [0.2, 0.25) is 0 Å². The summed E-state index contributed by atoms with van der Waals surface area (Å²) >= 11 is 6.70. The Morgan fingerprint density at radius 1 is 1.29 bits per heavy atom. The fraction of sp³-hybridized carbons (Fsp3) is 0.455. The van der Waals surface area contributed by atoms with E-state index in [0.717, 1.165) is 22.9 Å². The smallest absolute Gasteiger partial charge is 0.138 e. The average Bonchev–Trinajstić information content (AvgIpc) is 2.18. The second kappa shape index (κ2) is 5.86. The van der Waals surface area contributed by atoms with Gasteiger partial charge in [-0.3, -0.25) is 0 Å². The molecule has 0 N–H and O–H groups in total. The molecule has 0 aliphatic heterocycles. The summed E-state index contributed by atoms with van der Waals surface area (Å²) in [6.45, 7) is 2.06. The maximum absolute atomic E-state index is 13.8. The van der Waals surface area contributed by atoms with Crippen LogP contribution in [-0.4, -0.2) is 4.83 Å². The summed E-state index contributed by atoms with van der Waals surface area (Å²) in [5, 5.41) is 0. The average molecular weight is 324 g/mol. The van der Waals surface area contributed by atoms with Crippen molar-refractivity contribution >= 4 is 31.9 Å². The van der Waals surface area contributed by atoms with Gasteiger partial charge in [0.15, 0.2) is 0 Å². The summed E-state index contributed by atoms with van der Waals surface area (Å²) in [4.78, 5) is -0.0753. The van der Waals surface area contributed by atoms with Crippen LogP contribution < -0.4 is 0 Å². The van der Waals surface area contributed by atoms with Crippen molar-refractivity contribution in [2.24, 2.45) is 0 Å². The molecule has 14 heavy (non-hydrogen) atoms. The van der Waals surface area contributed by atoms with Gasteiger partial charge in [0.1, 0.15) is 6.17 Å². The van der Waals surface area contributed by atoms with Gasteiger partial charge in [0, 0.05) is 4.47 Å². The van der Waals surface area contributed by atoms with E-state index in [-0.39, 0.29) is 4.83 Å². The third-order valence-corrected chi connectivity index (χ3v) is 3.52. The van der Waals surface area contributed by atoms with E-state index in [1.54, 1.807) is 0 Å². The zero-order valence-corrected chi connectivity index (χ0v) is 11.2. The van der Waals surface area contributed by atoms with E-state index < -0.39 is 6.17 Å². The van der Waals surface area contributed by atoms with Gasteiger partial charge in [0.05, 0.1) is 4.83 Å². The maximum Gasteiger partial charge on any atom is 0.138 e. The van der Waals surface area contributed by atoms with Crippen molar-refractivity contribution in [3.05, 3.63) is 34.3 Å². The lowest BCUT2D eigenvalue weighted by Gasteiger charge is -2.14. The zero-order valence-electron chi connectivity index (χ0n) is 8.01. The van der Waals surface area contributed by atoms with Crippen molar-refractivity contribution in [1.82, 2.24) is 0 Å². The summed E-state index contributed by atoms with van der Waals surface area (Å²) in [6.07, 6.45) is 0.937. The molecule has 0 spiro atoms. The van der Waals surface area contributed by atoms with Crippen LogP contribution >= 0.6 is 31.9 Å². The zero-order chi connectivity index (χ0) is 10.6. The Kier molecular flexibility index (Phi) is 5.10. The predicted octanol–water partition coefficient (Wildman–Crippen LogP) is 5.02. The lowest BCUT2D eigenvalue weighted by molar-refractivity contribution is 0.328. The number of benzene rings is 1. The van der Waals surface area contributed by atoms with Crippen molar-refractivity contribution in [3.8, 4) is 0 Å². The van der Waals surface area contributed by atoms with Gasteiger partial charge in [0.2, 0.25) is 0 Å². The Bertz CT molecular complexity index is 271. The van der Waals surface area contributed by atoms with E-state index >= 15 is 0 Å². The molecular weight excluding hydrogens is 311 g/mol. The molecule has 0 radical (unpaired) electrons. The van der Waals surface area contributed by atoms with E-state index in [1.807, 2.05) is 24.3 Å². The van der Waals surface area contributed by atoms with E-state index in [9.17, 15) is 4.39 Å². The summed E-state index contributed by atoms with van der Waals surface area (Å²) < 4.78 is 14.8. The van der Waals surface area contributed by atoms with E-state index in [1.165, 1.54) is 0 Å². The third-order valence-electron chi connectivity index (χ3n) is 2.07. The summed E-state index contributed by atoms with van der Waals surface area (Å²) in [5.74, 6) is 0. The minimum absolute atomic E-state index is 0.0753. The third kappa shape index (κ3) is 3.35. The van der Waals surface area contributed by atoms with Crippen molar-refractivity contribution in [2.75, 3.05) is 0 Å². The molecular formula is C11H13Br2F. The second-order valence-corrected chi connectivity index (χ2v) is 5.35. The molecule has 0 amide bonds. The van der Waals surface area contributed by atoms with Crippen LogP contribution in [0.5, 0.6) is 0 Å². The highest BCUT2D eigenvalue weighted by Gasteiger charge is 2.18. The van der Waals surface area contributed by atoms with E-state index in [2.05, 4.69) is 38.8 Å². The van der Waals surface area contributed by atoms with Gasteiger partial charge in [-0.05, 0) is 24.1 Å². The first-order valence-electron chi connectivity index (χ1n) is 4.68. The number of halogens is 3. The molecule has 0 nitrogen and oxygen atoms in total. The largest absolute Gasteiger partial charge is 0.241 e. The first-order chi connectivity index (χ1) is 6.65. The summed E-state index contributed by atoms with van der Waals surface area (Å²) in [6, 6.07) is 7.37. The second-order valence-electron chi connectivity index (χ2n) is 3.26. The molecule has 0 fully saturated rings. The van der Waals surface area contributed by atoms with Crippen molar-refractivity contribution in [2.45, 2.75) is 30.8 Å². The fourth-order valence-corrected chi connectivity index (χ4v) is 2.30. The van der Waals surface area contributed by atoms with Crippen LogP contribution in [0, 0.1) is 0 Å². The molecule has 1 rings (SSSR count). The lowest BCUT2D eigenvalue weighted by atomic mass is 10.1. The van der Waals surface area contributed by atoms with Crippen molar-refractivity contribution < 1.29 is 4.39 Å². The maximum atomic E-state index is 13.8. The van der Waals surface area contributed by atoms with Gasteiger partial charge in [-0.25, -0.2) is 4.39 Å². The van der Waals surface area contributed by atoms with E-state index in [0.29, 0.717) is 0 Å². The molecule has 2 atom stereocenters. The number of alkyl halides is 2. The molecule has 0 aliphatic rings. The normalized spacial score (nSPS) is 15.1.